The Bertz CT molecular complexity index is 705. The van der Waals surface area contributed by atoms with E-state index in [0.717, 1.165) is 11.3 Å². The molecule has 4 nitrogen and oxygen atoms in total. The average molecular weight is 240 g/mol. The fourth-order valence-corrected chi connectivity index (χ4v) is 2.45. The quantitative estimate of drug-likeness (QED) is 0.493. The maximum Gasteiger partial charge on any atom is 0.298 e. The monoisotopic (exact) mass is 240 g/mol. The number of ketones is 2. The lowest BCUT2D eigenvalue weighted by atomic mass is 9.90. The molecule has 0 aliphatic heterocycles. The summed E-state index contributed by atoms with van der Waals surface area (Å²) in [7, 11) is 3.65. The molecule has 18 heavy (non-hydrogen) atoms. The van der Waals surface area contributed by atoms with Gasteiger partial charge in [0.2, 0.25) is 11.5 Å². The molecule has 0 bridgehead atoms. The van der Waals surface area contributed by atoms with Crippen molar-refractivity contribution in [2.24, 2.45) is 14.1 Å². The van der Waals surface area contributed by atoms with Crippen LogP contribution in [0.4, 0.5) is 0 Å². The van der Waals surface area contributed by atoms with Gasteiger partial charge >= 0.3 is 0 Å². The Morgan fingerprint density at radius 3 is 2.00 bits per heavy atom. The molecular weight excluding hydrogens is 228 g/mol. The number of Topliss-reactive ketones (excluding diaryl/α,β-unsaturated/α-hetero) is 2. The van der Waals surface area contributed by atoms with Gasteiger partial charge in [-0.2, -0.15) is 4.57 Å². The summed E-state index contributed by atoms with van der Waals surface area (Å²) in [6.45, 7) is 0. The average Bonchev–Trinajstić information content (AvgIpc) is 2.35. The zero-order chi connectivity index (χ0) is 12.9. The van der Waals surface area contributed by atoms with Gasteiger partial charge in [0.25, 0.3) is 11.5 Å². The first-order valence-corrected chi connectivity index (χ1v) is 5.68. The zero-order valence-corrected chi connectivity index (χ0v) is 10.2. The Kier molecular flexibility index (Phi) is 2.13. The van der Waals surface area contributed by atoms with Crippen molar-refractivity contribution in [1.82, 2.24) is 0 Å². The van der Waals surface area contributed by atoms with Crippen molar-refractivity contribution >= 4 is 11.6 Å². The van der Waals surface area contributed by atoms with Crippen LogP contribution in [0.15, 0.2) is 36.7 Å². The number of pyridine rings is 2. The predicted octanol–water partition coefficient (Wildman–Crippen LogP) is 0.382. The number of rotatable bonds is 0. The van der Waals surface area contributed by atoms with E-state index in [0.29, 0.717) is 11.3 Å². The highest BCUT2D eigenvalue weighted by Gasteiger charge is 2.41. The molecule has 4 heteroatoms. The Labute approximate surface area is 104 Å². The van der Waals surface area contributed by atoms with Crippen molar-refractivity contribution in [1.29, 1.82) is 0 Å². The van der Waals surface area contributed by atoms with Crippen LogP contribution in [0.2, 0.25) is 0 Å². The maximum absolute atomic E-state index is 12.1. The topological polar surface area (TPSA) is 41.9 Å². The van der Waals surface area contributed by atoms with Crippen LogP contribution in [0.1, 0.15) is 20.8 Å². The molecule has 1 aliphatic rings. The van der Waals surface area contributed by atoms with Crippen LogP contribution < -0.4 is 9.13 Å². The molecule has 2 aromatic heterocycles. The van der Waals surface area contributed by atoms with E-state index < -0.39 is 11.6 Å². The van der Waals surface area contributed by atoms with E-state index in [1.165, 1.54) is 0 Å². The summed E-state index contributed by atoms with van der Waals surface area (Å²) in [5.74, 6) is -0.873. The fourth-order valence-electron chi connectivity index (χ4n) is 2.45. The molecule has 0 fully saturated rings. The standard InChI is InChI=1S/C14H12N2O2/c1-15-7-4-6-10-11(15)9-5-3-8-16(2)12(9)14(18)13(10)17/h3-8H,1-2H3/q+2. The van der Waals surface area contributed by atoms with Gasteiger partial charge in [0.05, 0.1) is 5.56 Å². The second-order valence-corrected chi connectivity index (χ2v) is 4.42. The molecule has 0 saturated heterocycles. The lowest BCUT2D eigenvalue weighted by Gasteiger charge is -2.12. The number of carbonyl (C=O) groups is 2. The molecule has 0 spiro atoms. The normalized spacial score (nSPS) is 13.2. The summed E-state index contributed by atoms with van der Waals surface area (Å²) in [6, 6.07) is 7.22. The summed E-state index contributed by atoms with van der Waals surface area (Å²) in [5.41, 5.74) is 2.54. The molecule has 2 aromatic rings. The Morgan fingerprint density at radius 2 is 1.33 bits per heavy atom. The third-order valence-corrected chi connectivity index (χ3v) is 3.28. The van der Waals surface area contributed by atoms with Crippen molar-refractivity contribution in [2.45, 2.75) is 0 Å². The Morgan fingerprint density at radius 1 is 0.778 bits per heavy atom. The number of aryl methyl sites for hydroxylation is 2. The highest BCUT2D eigenvalue weighted by Crippen LogP contribution is 2.28. The van der Waals surface area contributed by atoms with Crippen molar-refractivity contribution in [3.63, 3.8) is 0 Å². The van der Waals surface area contributed by atoms with Crippen molar-refractivity contribution in [3.05, 3.63) is 47.9 Å². The summed E-state index contributed by atoms with van der Waals surface area (Å²) >= 11 is 0. The molecule has 0 radical (unpaired) electrons. The minimum atomic E-state index is -0.438. The van der Waals surface area contributed by atoms with E-state index in [4.69, 9.17) is 0 Å². The molecule has 0 unspecified atom stereocenters. The van der Waals surface area contributed by atoms with Crippen LogP contribution in [0.5, 0.6) is 0 Å². The first-order chi connectivity index (χ1) is 8.61. The molecule has 0 atom stereocenters. The van der Waals surface area contributed by atoms with Gasteiger partial charge in [0.15, 0.2) is 12.4 Å². The van der Waals surface area contributed by atoms with Gasteiger partial charge in [-0.05, 0) is 12.1 Å². The van der Waals surface area contributed by atoms with Crippen molar-refractivity contribution in [3.8, 4) is 11.3 Å². The summed E-state index contributed by atoms with van der Waals surface area (Å²) < 4.78 is 3.57. The van der Waals surface area contributed by atoms with E-state index in [1.54, 1.807) is 29.9 Å². The molecule has 88 valence electrons. The van der Waals surface area contributed by atoms with E-state index in [-0.39, 0.29) is 0 Å². The number of aromatic nitrogens is 2. The van der Waals surface area contributed by atoms with Gasteiger partial charge in [-0.1, -0.05) is 0 Å². The minimum Gasteiger partial charge on any atom is -0.284 e. The van der Waals surface area contributed by atoms with Crippen LogP contribution in [0, 0.1) is 0 Å². The number of fused-ring (bicyclic) bond motifs is 3. The van der Waals surface area contributed by atoms with E-state index in [2.05, 4.69) is 0 Å². The third-order valence-electron chi connectivity index (χ3n) is 3.28. The van der Waals surface area contributed by atoms with Crippen LogP contribution >= 0.6 is 0 Å². The first kappa shape index (κ1) is 10.8. The van der Waals surface area contributed by atoms with Crippen LogP contribution in [0.25, 0.3) is 11.3 Å². The van der Waals surface area contributed by atoms with E-state index in [1.807, 2.05) is 29.9 Å². The van der Waals surface area contributed by atoms with Crippen LogP contribution in [-0.2, 0) is 14.1 Å². The molecular formula is C14H12N2O2+2. The number of carbonyl (C=O) groups excluding carboxylic acids is 2. The number of hydrogen-bond donors (Lipinski definition) is 0. The SMILES string of the molecule is C[n+]1cccc2c1C(=O)C(=O)c1ccc[n+](C)c1-2. The summed E-state index contributed by atoms with van der Waals surface area (Å²) in [4.78, 5) is 24.2. The highest BCUT2D eigenvalue weighted by atomic mass is 16.2. The fraction of sp³-hybridized carbons (Fsp3) is 0.143. The molecule has 0 amide bonds. The largest absolute Gasteiger partial charge is 0.298 e. The van der Waals surface area contributed by atoms with Gasteiger partial charge in [0, 0.05) is 12.1 Å². The molecule has 1 aliphatic carbocycles. The van der Waals surface area contributed by atoms with Gasteiger partial charge < -0.3 is 0 Å². The van der Waals surface area contributed by atoms with Crippen molar-refractivity contribution in [2.75, 3.05) is 0 Å². The lowest BCUT2D eigenvalue weighted by Crippen LogP contribution is -2.44. The molecule has 0 saturated carbocycles. The van der Waals surface area contributed by atoms with Gasteiger partial charge in [-0.3, -0.25) is 9.59 Å². The lowest BCUT2D eigenvalue weighted by molar-refractivity contribution is -0.675. The second-order valence-electron chi connectivity index (χ2n) is 4.42. The van der Waals surface area contributed by atoms with E-state index >= 15 is 0 Å². The molecule has 2 heterocycles. The Hall–Kier alpha value is -2.36. The molecule has 3 rings (SSSR count). The smallest absolute Gasteiger partial charge is 0.284 e. The Balaban J connectivity index is 2.48. The highest BCUT2D eigenvalue weighted by molar-refractivity contribution is 6.51. The van der Waals surface area contributed by atoms with Gasteiger partial charge in [-0.25, -0.2) is 4.57 Å². The molecule has 0 aromatic carbocycles. The van der Waals surface area contributed by atoms with Crippen LogP contribution in [0.3, 0.4) is 0 Å². The van der Waals surface area contributed by atoms with Gasteiger partial charge in [-0.15, -0.1) is 0 Å². The first-order valence-electron chi connectivity index (χ1n) is 5.68. The summed E-state index contributed by atoms with van der Waals surface area (Å²) in [6.07, 6.45) is 3.65. The van der Waals surface area contributed by atoms with E-state index in [9.17, 15) is 9.59 Å². The second kappa shape index (κ2) is 3.57. The maximum atomic E-state index is 12.1. The summed E-state index contributed by atoms with van der Waals surface area (Å²) in [5, 5.41) is 0. The van der Waals surface area contributed by atoms with Crippen LogP contribution in [-0.4, -0.2) is 11.6 Å². The number of hydrogen-bond acceptors (Lipinski definition) is 2. The number of nitrogens with zero attached hydrogens (tertiary/aromatic N) is 2. The van der Waals surface area contributed by atoms with Gasteiger partial charge in [0.1, 0.15) is 19.7 Å². The van der Waals surface area contributed by atoms with Crippen molar-refractivity contribution < 1.29 is 18.7 Å². The third kappa shape index (κ3) is 1.26. The predicted molar refractivity (Wildman–Crippen MR) is 62.9 cm³/mol. The zero-order valence-electron chi connectivity index (χ0n) is 10.2. The minimum absolute atomic E-state index is 0.435. The molecule has 0 N–H and O–H groups in total.